The zero-order chi connectivity index (χ0) is 16.3. The van der Waals surface area contributed by atoms with Crippen LogP contribution < -0.4 is 4.74 Å². The van der Waals surface area contributed by atoms with Crippen LogP contribution in [0.4, 0.5) is 13.2 Å². The van der Waals surface area contributed by atoms with E-state index in [4.69, 9.17) is 9.84 Å². The summed E-state index contributed by atoms with van der Waals surface area (Å²) in [5, 5.41) is 8.97. The monoisotopic (exact) mass is 317 g/mol. The minimum Gasteiger partial charge on any atom is -0.497 e. The Labute approximate surface area is 126 Å². The van der Waals surface area contributed by atoms with E-state index < -0.39 is 24.0 Å². The summed E-state index contributed by atoms with van der Waals surface area (Å²) in [6.45, 7) is 0.422. The Morgan fingerprint density at radius 3 is 2.50 bits per heavy atom. The Kier molecular flexibility index (Phi) is 4.95. The van der Waals surface area contributed by atoms with E-state index in [0.29, 0.717) is 18.8 Å². The number of hydrogen-bond donors (Lipinski definition) is 1. The van der Waals surface area contributed by atoms with Gasteiger partial charge in [-0.25, -0.2) is 0 Å². The number of benzene rings is 1. The fourth-order valence-corrected chi connectivity index (χ4v) is 2.78. The largest absolute Gasteiger partial charge is 0.497 e. The van der Waals surface area contributed by atoms with Crippen LogP contribution in [-0.2, 0) is 11.3 Å². The number of rotatable bonds is 4. The zero-order valence-corrected chi connectivity index (χ0v) is 12.1. The number of nitrogens with zero attached hydrogens (tertiary/aromatic N) is 1. The van der Waals surface area contributed by atoms with Crippen molar-refractivity contribution in [3.05, 3.63) is 29.8 Å². The van der Waals surface area contributed by atoms with E-state index in [1.54, 1.807) is 36.3 Å². The molecule has 2 unspecified atom stereocenters. The summed E-state index contributed by atoms with van der Waals surface area (Å²) in [4.78, 5) is 12.7. The van der Waals surface area contributed by atoms with E-state index >= 15 is 0 Å². The van der Waals surface area contributed by atoms with E-state index in [1.807, 2.05) is 0 Å². The molecule has 1 saturated heterocycles. The maximum Gasteiger partial charge on any atom is 0.393 e. The van der Waals surface area contributed by atoms with Gasteiger partial charge in [-0.2, -0.15) is 13.2 Å². The molecular formula is C15H18F3NO3. The van der Waals surface area contributed by atoms with Gasteiger partial charge in [0.1, 0.15) is 5.75 Å². The molecular weight excluding hydrogens is 299 g/mol. The van der Waals surface area contributed by atoms with Gasteiger partial charge >= 0.3 is 12.1 Å². The van der Waals surface area contributed by atoms with Crippen molar-refractivity contribution in [1.82, 2.24) is 4.90 Å². The second kappa shape index (κ2) is 6.56. The van der Waals surface area contributed by atoms with Gasteiger partial charge in [-0.15, -0.1) is 0 Å². The normalized spacial score (nSPS) is 23.3. The Bertz CT molecular complexity index is 516. The van der Waals surface area contributed by atoms with Crippen LogP contribution in [0.1, 0.15) is 12.0 Å². The first kappa shape index (κ1) is 16.6. The Morgan fingerprint density at radius 1 is 1.36 bits per heavy atom. The Morgan fingerprint density at radius 2 is 2.00 bits per heavy atom. The molecule has 0 spiro atoms. The molecule has 0 aliphatic carbocycles. The first-order chi connectivity index (χ1) is 10.3. The first-order valence-electron chi connectivity index (χ1n) is 6.96. The van der Waals surface area contributed by atoms with Gasteiger partial charge in [0.25, 0.3) is 0 Å². The molecule has 2 atom stereocenters. The number of ether oxygens (including phenoxy) is 1. The lowest BCUT2D eigenvalue weighted by molar-refractivity contribution is -0.208. The van der Waals surface area contributed by atoms with Crippen molar-refractivity contribution in [1.29, 1.82) is 0 Å². The van der Waals surface area contributed by atoms with Crippen LogP contribution in [0.2, 0.25) is 0 Å². The van der Waals surface area contributed by atoms with E-state index in [1.165, 1.54) is 0 Å². The van der Waals surface area contributed by atoms with Crippen LogP contribution in [0.15, 0.2) is 24.3 Å². The highest BCUT2D eigenvalue weighted by molar-refractivity contribution is 5.70. The highest BCUT2D eigenvalue weighted by atomic mass is 19.4. The lowest BCUT2D eigenvalue weighted by atomic mass is 9.85. The molecule has 1 aromatic rings. The maximum absolute atomic E-state index is 13.1. The molecule has 4 nitrogen and oxygen atoms in total. The number of carboxylic acids is 1. The van der Waals surface area contributed by atoms with Crippen molar-refractivity contribution < 1.29 is 27.8 Å². The molecule has 0 bridgehead atoms. The SMILES string of the molecule is COc1ccc(CN2CCC(C(=O)O)C(C(F)(F)F)C2)cc1. The van der Waals surface area contributed by atoms with Crippen molar-refractivity contribution in [2.45, 2.75) is 19.1 Å². The number of carboxylic acid groups (broad SMARTS) is 1. The summed E-state index contributed by atoms with van der Waals surface area (Å²) in [5.41, 5.74) is 0.871. The van der Waals surface area contributed by atoms with Crippen LogP contribution in [0.5, 0.6) is 5.75 Å². The van der Waals surface area contributed by atoms with E-state index in [2.05, 4.69) is 0 Å². The van der Waals surface area contributed by atoms with Crippen LogP contribution >= 0.6 is 0 Å². The average Bonchev–Trinajstić information content (AvgIpc) is 2.47. The van der Waals surface area contributed by atoms with Gasteiger partial charge in [0.05, 0.1) is 18.9 Å². The van der Waals surface area contributed by atoms with Gasteiger partial charge in [-0.3, -0.25) is 9.69 Å². The fraction of sp³-hybridized carbons (Fsp3) is 0.533. The molecule has 0 aromatic heterocycles. The highest BCUT2D eigenvalue weighted by Crippen LogP contribution is 2.37. The number of hydrogen-bond acceptors (Lipinski definition) is 3. The topological polar surface area (TPSA) is 49.8 Å². The van der Waals surface area contributed by atoms with Gasteiger partial charge in [0, 0.05) is 13.1 Å². The number of likely N-dealkylation sites (tertiary alicyclic amines) is 1. The van der Waals surface area contributed by atoms with Gasteiger partial charge in [0.15, 0.2) is 0 Å². The van der Waals surface area contributed by atoms with Crippen LogP contribution in [0.25, 0.3) is 0 Å². The summed E-state index contributed by atoms with van der Waals surface area (Å²) in [5.74, 6) is -3.86. The number of piperidine rings is 1. The number of alkyl halides is 3. The lowest BCUT2D eigenvalue weighted by Crippen LogP contribution is -2.48. The molecule has 1 aromatic carbocycles. The molecule has 1 fully saturated rings. The molecule has 0 saturated carbocycles. The summed E-state index contributed by atoms with van der Waals surface area (Å²) < 4.78 is 44.2. The lowest BCUT2D eigenvalue weighted by Gasteiger charge is -2.37. The maximum atomic E-state index is 13.1. The Balaban J connectivity index is 2.05. The third-order valence-corrected chi connectivity index (χ3v) is 4.00. The van der Waals surface area contributed by atoms with Gasteiger partial charge in [-0.1, -0.05) is 12.1 Å². The third-order valence-electron chi connectivity index (χ3n) is 4.00. The molecule has 1 aliphatic rings. The smallest absolute Gasteiger partial charge is 0.393 e. The molecule has 122 valence electrons. The van der Waals surface area contributed by atoms with Gasteiger partial charge in [0.2, 0.25) is 0 Å². The number of aliphatic carboxylic acids is 1. The highest BCUT2D eigenvalue weighted by Gasteiger charge is 2.49. The molecule has 0 amide bonds. The Hall–Kier alpha value is -1.76. The van der Waals surface area contributed by atoms with E-state index in [-0.39, 0.29) is 13.0 Å². The minimum atomic E-state index is -4.50. The summed E-state index contributed by atoms with van der Waals surface area (Å²) in [6, 6.07) is 7.09. The third kappa shape index (κ3) is 3.91. The van der Waals surface area contributed by atoms with Crippen molar-refractivity contribution in [3.8, 4) is 5.75 Å². The van der Waals surface area contributed by atoms with E-state index in [9.17, 15) is 18.0 Å². The summed E-state index contributed by atoms with van der Waals surface area (Å²) in [6.07, 6.45) is -4.49. The standard InChI is InChI=1S/C15H18F3NO3/c1-22-11-4-2-10(3-5-11)8-19-7-6-12(14(20)21)13(9-19)15(16,17)18/h2-5,12-13H,6-9H2,1H3,(H,20,21). The van der Waals surface area contributed by atoms with Crippen LogP contribution in [0, 0.1) is 11.8 Å². The molecule has 7 heteroatoms. The quantitative estimate of drug-likeness (QED) is 0.928. The van der Waals surface area contributed by atoms with Crippen molar-refractivity contribution in [2.24, 2.45) is 11.8 Å². The predicted molar refractivity (Wildman–Crippen MR) is 73.6 cm³/mol. The number of methoxy groups -OCH3 is 1. The minimum absolute atomic E-state index is 0.00959. The van der Waals surface area contributed by atoms with Crippen molar-refractivity contribution >= 4 is 5.97 Å². The molecule has 1 aliphatic heterocycles. The van der Waals surface area contributed by atoms with Crippen LogP contribution in [-0.4, -0.2) is 42.4 Å². The van der Waals surface area contributed by atoms with Crippen LogP contribution in [0.3, 0.4) is 0 Å². The average molecular weight is 317 g/mol. The summed E-state index contributed by atoms with van der Waals surface area (Å²) >= 11 is 0. The number of halogens is 3. The molecule has 1 N–H and O–H groups in total. The van der Waals surface area contributed by atoms with Crippen molar-refractivity contribution in [3.63, 3.8) is 0 Å². The second-order valence-electron chi connectivity index (χ2n) is 5.46. The molecule has 22 heavy (non-hydrogen) atoms. The fourth-order valence-electron chi connectivity index (χ4n) is 2.78. The summed E-state index contributed by atoms with van der Waals surface area (Å²) in [7, 11) is 1.54. The molecule has 2 rings (SSSR count). The zero-order valence-electron chi connectivity index (χ0n) is 12.1. The van der Waals surface area contributed by atoms with Gasteiger partial charge in [-0.05, 0) is 30.7 Å². The van der Waals surface area contributed by atoms with Gasteiger partial charge < -0.3 is 9.84 Å². The first-order valence-corrected chi connectivity index (χ1v) is 6.96. The van der Waals surface area contributed by atoms with Crippen molar-refractivity contribution in [2.75, 3.05) is 20.2 Å². The van der Waals surface area contributed by atoms with E-state index in [0.717, 1.165) is 5.56 Å². The predicted octanol–water partition coefficient (Wildman–Crippen LogP) is 2.78. The number of carbonyl (C=O) groups is 1. The molecule has 0 radical (unpaired) electrons. The molecule has 1 heterocycles. The second-order valence-corrected chi connectivity index (χ2v) is 5.46.